The number of nitrogens with one attached hydrogen (secondary N) is 2. The maximum Gasteiger partial charge on any atom is 0.265 e. The number of fused-ring (bicyclic) bond motifs is 1. The van der Waals surface area contributed by atoms with Gasteiger partial charge in [-0.2, -0.15) is 0 Å². The predicted molar refractivity (Wildman–Crippen MR) is 113 cm³/mol. The number of thiazole rings is 1. The first kappa shape index (κ1) is 19.4. The van der Waals surface area contributed by atoms with Crippen molar-refractivity contribution in [1.29, 1.82) is 0 Å². The summed E-state index contributed by atoms with van der Waals surface area (Å²) in [5, 5.41) is 4.83. The molecule has 9 heteroatoms. The van der Waals surface area contributed by atoms with Crippen LogP contribution in [0.15, 0.2) is 46.7 Å². The molecule has 1 amide bonds. The van der Waals surface area contributed by atoms with E-state index in [1.807, 2.05) is 19.1 Å². The van der Waals surface area contributed by atoms with Gasteiger partial charge in [0, 0.05) is 10.9 Å². The van der Waals surface area contributed by atoms with Crippen molar-refractivity contribution in [2.75, 3.05) is 10.0 Å². The first-order chi connectivity index (χ1) is 13.7. The molecule has 0 radical (unpaired) electrons. The highest BCUT2D eigenvalue weighted by Gasteiger charge is 2.24. The number of sulfonamides is 1. The zero-order chi connectivity index (χ0) is 20.8. The third-order valence-corrected chi connectivity index (χ3v) is 6.94. The summed E-state index contributed by atoms with van der Waals surface area (Å²) in [6.07, 6.45) is -0.543. The molecule has 1 aromatic heterocycles. The van der Waals surface area contributed by atoms with Crippen molar-refractivity contribution in [2.24, 2.45) is 0 Å². The lowest BCUT2D eigenvalue weighted by Crippen LogP contribution is -2.34. The number of rotatable bonds is 4. The number of amides is 1. The molecule has 1 aliphatic rings. The Labute approximate surface area is 172 Å². The summed E-state index contributed by atoms with van der Waals surface area (Å²) in [7, 11) is -3.74. The van der Waals surface area contributed by atoms with Gasteiger partial charge < -0.3 is 10.1 Å². The van der Waals surface area contributed by atoms with Crippen molar-refractivity contribution in [3.05, 3.63) is 52.9 Å². The number of ether oxygens (including phenoxy) is 1. The Morgan fingerprint density at radius 1 is 1.17 bits per heavy atom. The van der Waals surface area contributed by atoms with E-state index in [-0.39, 0.29) is 15.9 Å². The number of hydrogen-bond donors (Lipinski definition) is 2. The number of aromatic nitrogens is 1. The zero-order valence-corrected chi connectivity index (χ0v) is 17.6. The minimum Gasteiger partial charge on any atom is -0.479 e. The maximum atomic E-state index is 12.7. The number of nitrogens with zero attached hydrogens (tertiary/aromatic N) is 1. The van der Waals surface area contributed by atoms with Crippen LogP contribution in [-0.4, -0.2) is 25.4 Å². The van der Waals surface area contributed by atoms with E-state index in [2.05, 4.69) is 15.0 Å². The third kappa shape index (κ3) is 3.83. The van der Waals surface area contributed by atoms with Gasteiger partial charge in [-0.15, -0.1) is 11.3 Å². The van der Waals surface area contributed by atoms with Gasteiger partial charge in [-0.3, -0.25) is 9.52 Å². The molecule has 0 aliphatic carbocycles. The molecule has 150 valence electrons. The summed E-state index contributed by atoms with van der Waals surface area (Å²) in [5.41, 5.74) is 3.58. The normalized spacial score (nSPS) is 16.0. The van der Waals surface area contributed by atoms with Crippen molar-refractivity contribution >= 4 is 38.1 Å². The second-order valence-electron chi connectivity index (χ2n) is 6.87. The summed E-state index contributed by atoms with van der Waals surface area (Å²) in [5.74, 6) is 0.377. The van der Waals surface area contributed by atoms with Gasteiger partial charge in [-0.05, 0) is 50.6 Å². The van der Waals surface area contributed by atoms with Crippen LogP contribution in [0, 0.1) is 13.8 Å². The largest absolute Gasteiger partial charge is 0.479 e. The second-order valence-corrected chi connectivity index (χ2v) is 9.38. The predicted octanol–water partition coefficient (Wildman–Crippen LogP) is 3.95. The quantitative estimate of drug-likeness (QED) is 0.655. The molecule has 4 rings (SSSR count). The molecule has 1 aliphatic heterocycles. The number of aryl methyl sites for hydroxylation is 2. The molecule has 1 atom stereocenters. The third-order valence-electron chi connectivity index (χ3n) is 4.55. The lowest BCUT2D eigenvalue weighted by Gasteiger charge is -2.23. The highest BCUT2D eigenvalue weighted by Crippen LogP contribution is 2.35. The number of benzene rings is 2. The SMILES string of the molecule is Cc1ccc(S(=O)(=O)Nc2nc(-c3ccc4c(c3)NC(=O)C(C)O4)cs2)c(C)c1. The van der Waals surface area contributed by atoms with E-state index in [1.54, 1.807) is 43.5 Å². The van der Waals surface area contributed by atoms with Gasteiger partial charge in [0.1, 0.15) is 5.75 Å². The lowest BCUT2D eigenvalue weighted by molar-refractivity contribution is -0.122. The Bertz CT molecular complexity index is 1220. The van der Waals surface area contributed by atoms with E-state index < -0.39 is 16.1 Å². The topological polar surface area (TPSA) is 97.4 Å². The van der Waals surface area contributed by atoms with Crippen LogP contribution in [0.4, 0.5) is 10.8 Å². The molecular formula is C20H19N3O4S2. The fourth-order valence-corrected chi connectivity index (χ4v) is 5.29. The van der Waals surface area contributed by atoms with E-state index in [1.165, 1.54) is 11.3 Å². The summed E-state index contributed by atoms with van der Waals surface area (Å²) >= 11 is 1.19. The van der Waals surface area contributed by atoms with Gasteiger partial charge in [0.05, 0.1) is 16.3 Å². The summed E-state index contributed by atoms with van der Waals surface area (Å²) in [6, 6.07) is 10.5. The Morgan fingerprint density at radius 3 is 2.72 bits per heavy atom. The Morgan fingerprint density at radius 2 is 1.97 bits per heavy atom. The monoisotopic (exact) mass is 429 g/mol. The average Bonchev–Trinajstić information content (AvgIpc) is 3.09. The fourth-order valence-electron chi connectivity index (χ4n) is 3.09. The minimum atomic E-state index is -3.74. The van der Waals surface area contributed by atoms with Crippen molar-refractivity contribution in [2.45, 2.75) is 31.8 Å². The highest BCUT2D eigenvalue weighted by atomic mass is 32.2. The molecule has 2 aromatic carbocycles. The van der Waals surface area contributed by atoms with E-state index in [0.29, 0.717) is 22.7 Å². The summed E-state index contributed by atoms with van der Waals surface area (Å²) in [6.45, 7) is 5.36. The Kier molecular flexibility index (Phi) is 4.79. The molecule has 0 saturated carbocycles. The van der Waals surface area contributed by atoms with E-state index in [4.69, 9.17) is 4.74 Å². The van der Waals surface area contributed by atoms with Crippen LogP contribution in [0.1, 0.15) is 18.1 Å². The maximum absolute atomic E-state index is 12.7. The molecular weight excluding hydrogens is 410 g/mol. The molecule has 2 heterocycles. The zero-order valence-electron chi connectivity index (χ0n) is 16.0. The van der Waals surface area contributed by atoms with Crippen LogP contribution in [0.25, 0.3) is 11.3 Å². The van der Waals surface area contributed by atoms with Crippen LogP contribution in [0.5, 0.6) is 5.75 Å². The van der Waals surface area contributed by atoms with Crippen LogP contribution >= 0.6 is 11.3 Å². The minimum absolute atomic E-state index is 0.213. The van der Waals surface area contributed by atoms with Gasteiger partial charge in [-0.1, -0.05) is 17.7 Å². The van der Waals surface area contributed by atoms with Gasteiger partial charge in [0.25, 0.3) is 15.9 Å². The van der Waals surface area contributed by atoms with E-state index >= 15 is 0 Å². The molecule has 7 nitrogen and oxygen atoms in total. The van der Waals surface area contributed by atoms with Gasteiger partial charge in [0.2, 0.25) is 0 Å². The highest BCUT2D eigenvalue weighted by molar-refractivity contribution is 7.93. The van der Waals surface area contributed by atoms with Gasteiger partial charge in [-0.25, -0.2) is 13.4 Å². The Hall–Kier alpha value is -2.91. The Balaban J connectivity index is 1.59. The molecule has 0 fully saturated rings. The number of anilines is 2. The first-order valence-corrected chi connectivity index (χ1v) is 11.3. The van der Waals surface area contributed by atoms with Crippen molar-refractivity contribution in [1.82, 2.24) is 4.98 Å². The molecule has 0 bridgehead atoms. The van der Waals surface area contributed by atoms with Crippen LogP contribution in [-0.2, 0) is 14.8 Å². The lowest BCUT2D eigenvalue weighted by atomic mass is 10.1. The van der Waals surface area contributed by atoms with Crippen molar-refractivity contribution < 1.29 is 17.9 Å². The van der Waals surface area contributed by atoms with Gasteiger partial charge in [0.15, 0.2) is 11.2 Å². The number of carbonyl (C=O) groups excluding carboxylic acids is 1. The van der Waals surface area contributed by atoms with Crippen molar-refractivity contribution in [3.8, 4) is 17.0 Å². The molecule has 0 spiro atoms. The van der Waals surface area contributed by atoms with Crippen molar-refractivity contribution in [3.63, 3.8) is 0 Å². The number of hydrogen-bond acceptors (Lipinski definition) is 6. The molecule has 2 N–H and O–H groups in total. The molecule has 3 aromatic rings. The summed E-state index contributed by atoms with van der Waals surface area (Å²) < 4.78 is 33.6. The standard InChI is InChI=1S/C20H19N3O4S2/c1-11-4-7-18(12(2)8-11)29(25,26)23-20-22-16(10-28-20)14-5-6-17-15(9-14)21-19(24)13(3)27-17/h4-10,13H,1-3H3,(H,21,24)(H,22,23). The number of carbonyl (C=O) groups is 1. The van der Waals surface area contributed by atoms with Crippen LogP contribution in [0.3, 0.4) is 0 Å². The molecule has 29 heavy (non-hydrogen) atoms. The average molecular weight is 430 g/mol. The smallest absolute Gasteiger partial charge is 0.265 e. The van der Waals surface area contributed by atoms with Gasteiger partial charge >= 0.3 is 0 Å². The first-order valence-electron chi connectivity index (χ1n) is 8.90. The molecule has 0 saturated heterocycles. The fraction of sp³-hybridized carbons (Fsp3) is 0.200. The molecule has 1 unspecified atom stereocenters. The van der Waals surface area contributed by atoms with E-state index in [0.717, 1.165) is 11.1 Å². The van der Waals surface area contributed by atoms with Crippen LogP contribution in [0.2, 0.25) is 0 Å². The summed E-state index contributed by atoms with van der Waals surface area (Å²) in [4.78, 5) is 16.4. The van der Waals surface area contributed by atoms with E-state index in [9.17, 15) is 13.2 Å². The van der Waals surface area contributed by atoms with Crippen LogP contribution < -0.4 is 14.8 Å². The second kappa shape index (κ2) is 7.16.